The van der Waals surface area contributed by atoms with Gasteiger partial charge in [-0.1, -0.05) is 0 Å². The second-order valence-corrected chi connectivity index (χ2v) is 8.33. The number of hydrogen-bond acceptors (Lipinski definition) is 7. The molecule has 0 radical (unpaired) electrons. The van der Waals surface area contributed by atoms with E-state index >= 15 is 0 Å². The van der Waals surface area contributed by atoms with Crippen LogP contribution in [0, 0.1) is 0 Å². The molecule has 1 saturated heterocycles. The molecule has 4 heterocycles. The zero-order chi connectivity index (χ0) is 23.1. The zero-order valence-corrected chi connectivity index (χ0v) is 18.8. The van der Waals surface area contributed by atoms with Crippen LogP contribution in [0.1, 0.15) is 45.4 Å². The molecule has 0 aromatic carbocycles. The molecular weight excluding hydrogens is 432 g/mol. The summed E-state index contributed by atoms with van der Waals surface area (Å²) in [6.45, 7) is 4.94. The molecule has 11 heteroatoms. The number of carboxylic acid groups (broad SMARTS) is 1. The number of nitrogens with one attached hydrogen (secondary N) is 2. The van der Waals surface area contributed by atoms with Crippen LogP contribution in [0.25, 0.3) is 11.0 Å². The van der Waals surface area contributed by atoms with E-state index in [2.05, 4.69) is 32.2 Å². The maximum Gasteiger partial charge on any atom is 0.290 e. The summed E-state index contributed by atoms with van der Waals surface area (Å²) in [5.74, 6) is -0.267. The smallest absolute Gasteiger partial charge is 0.290 e. The van der Waals surface area contributed by atoms with Crippen molar-refractivity contribution in [2.24, 2.45) is 0 Å². The molecule has 170 valence electrons. The van der Waals surface area contributed by atoms with Crippen molar-refractivity contribution in [1.82, 2.24) is 30.1 Å². The highest BCUT2D eigenvalue weighted by molar-refractivity contribution is 7.09. The fourth-order valence-corrected chi connectivity index (χ4v) is 4.21. The van der Waals surface area contributed by atoms with Gasteiger partial charge in [0.05, 0.1) is 6.04 Å². The van der Waals surface area contributed by atoms with Crippen molar-refractivity contribution in [2.45, 2.75) is 19.4 Å². The van der Waals surface area contributed by atoms with E-state index in [0.29, 0.717) is 28.6 Å². The standard InChI is InChI=1S/C20H24N6O2S.CH2O2/c1-13(22-18(27)15-11-14-5-3-6-21-17(14)23-15)19-24-16(12-29-19)20(28)26-8-4-7-25(2)9-10-26;2-1-3/h3,5-6,11-13H,4,7-10H2,1-2H3,(H,21,23)(H,22,27);1H,(H,2,3)/t13-;/m0./s1. The molecule has 1 fully saturated rings. The number of aromatic amines is 1. The van der Waals surface area contributed by atoms with E-state index in [1.165, 1.54) is 11.3 Å². The number of hydrogen-bond donors (Lipinski definition) is 3. The van der Waals surface area contributed by atoms with E-state index in [1.54, 1.807) is 17.6 Å². The predicted octanol–water partition coefficient (Wildman–Crippen LogP) is 1.99. The van der Waals surface area contributed by atoms with Crippen LogP contribution in [0.2, 0.25) is 0 Å². The SMILES string of the molecule is C[C@H](NC(=O)c1cc2cccnc2[nH]1)c1nc(C(=O)N2CCCN(C)CC2)cs1.O=CO. The molecule has 0 saturated carbocycles. The summed E-state index contributed by atoms with van der Waals surface area (Å²) >= 11 is 1.39. The minimum Gasteiger partial charge on any atom is -0.483 e. The van der Waals surface area contributed by atoms with Crippen molar-refractivity contribution in [1.29, 1.82) is 0 Å². The molecule has 1 aliphatic heterocycles. The van der Waals surface area contributed by atoms with Gasteiger partial charge >= 0.3 is 0 Å². The lowest BCUT2D eigenvalue weighted by atomic mass is 10.3. The van der Waals surface area contributed by atoms with Gasteiger partial charge in [0.1, 0.15) is 22.0 Å². The fraction of sp³-hybridized carbons (Fsp3) is 0.381. The molecule has 10 nitrogen and oxygen atoms in total. The highest BCUT2D eigenvalue weighted by Gasteiger charge is 2.23. The summed E-state index contributed by atoms with van der Waals surface area (Å²) in [5, 5.41) is 13.2. The van der Waals surface area contributed by atoms with Gasteiger partial charge in [-0.05, 0) is 45.1 Å². The summed E-state index contributed by atoms with van der Waals surface area (Å²) < 4.78 is 0. The van der Waals surface area contributed by atoms with Gasteiger partial charge < -0.3 is 25.2 Å². The molecule has 2 amide bonds. The summed E-state index contributed by atoms with van der Waals surface area (Å²) in [6.07, 6.45) is 2.64. The van der Waals surface area contributed by atoms with Crippen LogP contribution in [-0.2, 0) is 4.79 Å². The van der Waals surface area contributed by atoms with Gasteiger partial charge in [0, 0.05) is 36.6 Å². The Hall–Kier alpha value is -3.31. The molecule has 0 aliphatic carbocycles. The molecule has 3 aromatic rings. The van der Waals surface area contributed by atoms with Crippen molar-refractivity contribution in [3.63, 3.8) is 0 Å². The minimum absolute atomic E-state index is 0.0389. The highest BCUT2D eigenvalue weighted by atomic mass is 32.1. The van der Waals surface area contributed by atoms with Crippen LogP contribution >= 0.6 is 11.3 Å². The van der Waals surface area contributed by atoms with Crippen LogP contribution in [0.4, 0.5) is 0 Å². The van der Waals surface area contributed by atoms with Gasteiger partial charge in [0.15, 0.2) is 0 Å². The molecular formula is C21H26N6O4S. The van der Waals surface area contributed by atoms with Crippen LogP contribution in [0.3, 0.4) is 0 Å². The Bertz CT molecular complexity index is 1050. The van der Waals surface area contributed by atoms with E-state index in [0.717, 1.165) is 31.4 Å². The molecule has 0 unspecified atom stereocenters. The van der Waals surface area contributed by atoms with Crippen LogP contribution in [0.15, 0.2) is 29.8 Å². The topological polar surface area (TPSA) is 132 Å². The van der Waals surface area contributed by atoms with Crippen molar-refractivity contribution in [2.75, 3.05) is 33.2 Å². The highest BCUT2D eigenvalue weighted by Crippen LogP contribution is 2.20. The number of rotatable bonds is 4. The van der Waals surface area contributed by atoms with E-state index in [4.69, 9.17) is 9.90 Å². The predicted molar refractivity (Wildman–Crippen MR) is 121 cm³/mol. The first-order chi connectivity index (χ1) is 15.4. The van der Waals surface area contributed by atoms with E-state index < -0.39 is 0 Å². The van der Waals surface area contributed by atoms with E-state index in [-0.39, 0.29) is 24.3 Å². The Labute approximate surface area is 189 Å². The second kappa shape index (κ2) is 10.8. The Morgan fingerprint density at radius 2 is 2.09 bits per heavy atom. The number of aromatic nitrogens is 3. The first-order valence-corrected chi connectivity index (χ1v) is 11.1. The number of fused-ring (bicyclic) bond motifs is 1. The molecule has 0 spiro atoms. The van der Waals surface area contributed by atoms with Crippen LogP contribution in [-0.4, -0.2) is 81.4 Å². The zero-order valence-electron chi connectivity index (χ0n) is 17.9. The Balaban J connectivity index is 0.000000913. The largest absolute Gasteiger partial charge is 0.483 e. The normalized spacial score (nSPS) is 15.4. The monoisotopic (exact) mass is 458 g/mol. The Morgan fingerprint density at radius 3 is 2.84 bits per heavy atom. The van der Waals surface area contributed by atoms with Gasteiger partial charge in [-0.3, -0.25) is 14.4 Å². The third kappa shape index (κ3) is 5.68. The van der Waals surface area contributed by atoms with E-state index in [9.17, 15) is 9.59 Å². The lowest BCUT2D eigenvalue weighted by Crippen LogP contribution is -2.34. The van der Waals surface area contributed by atoms with E-state index in [1.807, 2.05) is 24.0 Å². The van der Waals surface area contributed by atoms with Gasteiger partial charge in [-0.15, -0.1) is 11.3 Å². The molecule has 3 aromatic heterocycles. The average molecular weight is 459 g/mol. The first kappa shape index (κ1) is 23.4. The first-order valence-electron chi connectivity index (χ1n) is 10.2. The number of likely N-dealkylation sites (N-methyl/N-ethyl adjacent to an activating group) is 1. The van der Waals surface area contributed by atoms with Crippen LogP contribution in [0.5, 0.6) is 0 Å². The van der Waals surface area contributed by atoms with Crippen molar-refractivity contribution >= 4 is 40.7 Å². The maximum atomic E-state index is 12.8. The van der Waals surface area contributed by atoms with Gasteiger partial charge in [-0.2, -0.15) is 0 Å². The molecule has 1 aliphatic rings. The van der Waals surface area contributed by atoms with Crippen molar-refractivity contribution < 1.29 is 19.5 Å². The summed E-state index contributed by atoms with van der Waals surface area (Å²) in [7, 11) is 2.07. The minimum atomic E-state index is -0.302. The summed E-state index contributed by atoms with van der Waals surface area (Å²) in [5.41, 5.74) is 1.58. The molecule has 32 heavy (non-hydrogen) atoms. The number of pyridine rings is 1. The molecule has 1 atom stereocenters. The Kier molecular flexibility index (Phi) is 7.90. The Morgan fingerprint density at radius 1 is 1.31 bits per heavy atom. The lowest BCUT2D eigenvalue weighted by molar-refractivity contribution is -0.122. The number of amides is 2. The number of thiazole rings is 1. The fourth-order valence-electron chi connectivity index (χ4n) is 3.41. The second-order valence-electron chi connectivity index (χ2n) is 7.44. The third-order valence-electron chi connectivity index (χ3n) is 5.10. The molecule has 4 rings (SSSR count). The number of carbonyl (C=O) groups is 3. The number of nitrogens with zero attached hydrogens (tertiary/aromatic N) is 4. The van der Waals surface area contributed by atoms with Gasteiger partial charge in [0.25, 0.3) is 18.3 Å². The third-order valence-corrected chi connectivity index (χ3v) is 6.13. The van der Waals surface area contributed by atoms with Crippen molar-refractivity contribution in [3.05, 3.63) is 46.2 Å². The quantitative estimate of drug-likeness (QED) is 0.510. The number of carbonyl (C=O) groups excluding carboxylic acids is 2. The average Bonchev–Trinajstić information content (AvgIpc) is 3.38. The van der Waals surface area contributed by atoms with Crippen LogP contribution < -0.4 is 5.32 Å². The van der Waals surface area contributed by atoms with Crippen molar-refractivity contribution in [3.8, 4) is 0 Å². The van der Waals surface area contributed by atoms with Gasteiger partial charge in [-0.25, -0.2) is 9.97 Å². The van der Waals surface area contributed by atoms with Gasteiger partial charge in [0.2, 0.25) is 0 Å². The summed E-state index contributed by atoms with van der Waals surface area (Å²) in [4.78, 5) is 49.6. The lowest BCUT2D eigenvalue weighted by Gasteiger charge is -2.19. The maximum absolute atomic E-state index is 12.8. The molecule has 0 bridgehead atoms. The molecule has 3 N–H and O–H groups in total. The number of H-pyrrole nitrogens is 1. The summed E-state index contributed by atoms with van der Waals surface area (Å²) in [6, 6.07) is 5.20.